The van der Waals surface area contributed by atoms with Gasteiger partial charge in [0.2, 0.25) is 0 Å². The number of carbonyl (C=O) groups is 2. The van der Waals surface area contributed by atoms with E-state index in [1.165, 1.54) is 379 Å². The summed E-state index contributed by atoms with van der Waals surface area (Å²) < 4.78 is 10.8. The Morgan fingerprint density at radius 3 is 0.564 bits per heavy atom. The summed E-state index contributed by atoms with van der Waals surface area (Å²) >= 11 is 0. The van der Waals surface area contributed by atoms with Crippen molar-refractivity contribution in [1.82, 2.24) is 0 Å². The van der Waals surface area contributed by atoms with Crippen LogP contribution in [0.15, 0.2) is 0 Å². The highest BCUT2D eigenvalue weighted by atomic mass is 16.6. The molecule has 0 aromatic rings. The minimum absolute atomic E-state index is 0.0552. The number of unbranched alkanes of at least 4 members (excludes halogenated alkanes) is 62. The fourth-order valence-corrected chi connectivity index (χ4v) is 11.9. The summed E-state index contributed by atoms with van der Waals surface area (Å²) in [6.45, 7) is 4.23. The molecule has 0 aliphatic carbocycles. The van der Waals surface area contributed by atoms with Crippen LogP contribution in [-0.4, -0.2) is 36.4 Å². The zero-order valence-corrected chi connectivity index (χ0v) is 53.7. The lowest BCUT2D eigenvalue weighted by molar-refractivity contribution is -0.161. The molecular weight excluding hydrogens is 957 g/mol. The second-order valence-electron chi connectivity index (χ2n) is 25.4. The van der Waals surface area contributed by atoms with E-state index in [0.29, 0.717) is 12.8 Å². The number of aliphatic hydroxyl groups excluding tert-OH is 1. The van der Waals surface area contributed by atoms with Crippen LogP contribution in [-0.2, 0) is 19.1 Å². The Bertz CT molecular complexity index is 1110. The van der Waals surface area contributed by atoms with Crippen LogP contribution in [0.25, 0.3) is 0 Å². The van der Waals surface area contributed by atoms with Gasteiger partial charge in [-0.25, -0.2) is 0 Å². The molecule has 0 aliphatic heterocycles. The van der Waals surface area contributed by atoms with E-state index in [1.54, 1.807) is 0 Å². The number of carbonyl (C=O) groups excluding carboxylic acids is 2. The molecule has 0 aromatic carbocycles. The van der Waals surface area contributed by atoms with Crippen LogP contribution >= 0.6 is 0 Å². The van der Waals surface area contributed by atoms with Crippen LogP contribution in [0.2, 0.25) is 0 Å². The number of hydrogen-bond donors (Lipinski definition) is 1. The molecule has 0 radical (unpaired) electrons. The Morgan fingerprint density at radius 2 is 0.397 bits per heavy atom. The molecule has 0 heterocycles. The lowest BCUT2D eigenvalue weighted by Crippen LogP contribution is -2.28. The standard InChI is InChI=1S/C73H144O5/c1-3-5-7-9-11-13-15-17-19-21-23-25-27-29-31-33-35-37-39-41-43-45-47-49-51-53-55-57-59-61-63-65-67-72(75)77-70-71(69-74)78-73(76)68-66-64-62-60-58-56-54-52-50-48-46-44-42-40-38-36-34-32-30-28-26-24-22-20-18-16-14-12-10-8-6-4-2/h71,74H,3-70H2,1-2H3. The summed E-state index contributed by atoms with van der Waals surface area (Å²) in [7, 11) is 0. The van der Waals surface area contributed by atoms with Crippen molar-refractivity contribution < 1.29 is 24.2 Å². The Morgan fingerprint density at radius 1 is 0.244 bits per heavy atom. The van der Waals surface area contributed by atoms with Crippen molar-refractivity contribution >= 4 is 11.9 Å². The van der Waals surface area contributed by atoms with E-state index < -0.39 is 6.10 Å². The summed E-state index contributed by atoms with van der Waals surface area (Å²) in [5, 5.41) is 9.71. The predicted molar refractivity (Wildman–Crippen MR) is 344 cm³/mol. The molecule has 1 unspecified atom stereocenters. The maximum Gasteiger partial charge on any atom is 0.306 e. The molecule has 466 valence electrons. The van der Waals surface area contributed by atoms with Crippen molar-refractivity contribution in [2.24, 2.45) is 0 Å². The SMILES string of the molecule is CCCCCCCCCCCCCCCCCCCCCCCCCCCCCCCCCCC(=O)OCC(CO)OC(=O)CCCCCCCCCCCCCCCCCCCCCCCCCCCCCCCCCC. The van der Waals surface area contributed by atoms with Crippen LogP contribution in [0, 0.1) is 0 Å². The molecule has 0 amide bonds. The first kappa shape index (κ1) is 76.9. The van der Waals surface area contributed by atoms with E-state index in [1.807, 2.05) is 0 Å². The van der Waals surface area contributed by atoms with E-state index in [0.717, 1.165) is 32.1 Å². The molecule has 0 aromatic heterocycles. The average Bonchev–Trinajstić information content (AvgIpc) is 3.44. The summed E-state index contributed by atoms with van der Waals surface area (Å²) in [6, 6.07) is 0. The number of ether oxygens (including phenoxy) is 2. The molecule has 0 saturated heterocycles. The topological polar surface area (TPSA) is 72.8 Å². The maximum atomic E-state index is 12.4. The minimum atomic E-state index is -0.766. The number of esters is 2. The molecule has 0 bridgehead atoms. The van der Waals surface area contributed by atoms with Gasteiger partial charge in [0.1, 0.15) is 6.61 Å². The molecular formula is C73H144O5. The van der Waals surface area contributed by atoms with Crippen molar-refractivity contribution in [3.05, 3.63) is 0 Å². The van der Waals surface area contributed by atoms with Crippen LogP contribution in [0.5, 0.6) is 0 Å². The Kier molecular flexibility index (Phi) is 69.2. The maximum absolute atomic E-state index is 12.4. The third kappa shape index (κ3) is 67.4. The Balaban J connectivity index is 3.34. The third-order valence-electron chi connectivity index (χ3n) is 17.4. The highest BCUT2D eigenvalue weighted by Gasteiger charge is 2.16. The third-order valence-corrected chi connectivity index (χ3v) is 17.4. The highest BCUT2D eigenvalue weighted by Crippen LogP contribution is 2.20. The zero-order chi connectivity index (χ0) is 56.2. The first-order valence-corrected chi connectivity index (χ1v) is 36.6. The van der Waals surface area contributed by atoms with E-state index >= 15 is 0 Å². The quantitative estimate of drug-likeness (QED) is 0.0485. The van der Waals surface area contributed by atoms with Gasteiger partial charge in [0.05, 0.1) is 6.61 Å². The molecule has 78 heavy (non-hydrogen) atoms. The molecule has 0 rings (SSSR count). The largest absolute Gasteiger partial charge is 0.462 e. The minimum Gasteiger partial charge on any atom is -0.462 e. The van der Waals surface area contributed by atoms with Crippen LogP contribution < -0.4 is 0 Å². The second kappa shape index (κ2) is 70.2. The van der Waals surface area contributed by atoms with Crippen LogP contribution in [0.1, 0.15) is 438 Å². The molecule has 1 atom stereocenters. The Hall–Kier alpha value is -1.10. The van der Waals surface area contributed by atoms with Crippen LogP contribution in [0.4, 0.5) is 0 Å². The summed E-state index contributed by atoms with van der Waals surface area (Å²) in [5.41, 5.74) is 0. The molecule has 0 spiro atoms. The Labute approximate surface area is 490 Å². The van der Waals surface area contributed by atoms with Gasteiger partial charge < -0.3 is 14.6 Å². The summed E-state index contributed by atoms with van der Waals surface area (Å²) in [6.07, 6.45) is 88.8. The molecule has 0 aliphatic rings. The van der Waals surface area contributed by atoms with Crippen molar-refractivity contribution in [3.63, 3.8) is 0 Å². The van der Waals surface area contributed by atoms with Crippen molar-refractivity contribution in [2.45, 2.75) is 444 Å². The molecule has 0 saturated carbocycles. The van der Waals surface area contributed by atoms with Gasteiger partial charge in [-0.05, 0) is 12.8 Å². The highest BCUT2D eigenvalue weighted by molar-refractivity contribution is 5.70. The van der Waals surface area contributed by atoms with Gasteiger partial charge in [0.15, 0.2) is 6.10 Å². The number of rotatable bonds is 70. The summed E-state index contributed by atoms with van der Waals surface area (Å²) in [4.78, 5) is 24.7. The normalized spacial score (nSPS) is 12.0. The first-order valence-electron chi connectivity index (χ1n) is 36.6. The molecule has 0 fully saturated rings. The lowest BCUT2D eigenvalue weighted by Gasteiger charge is -2.15. The van der Waals surface area contributed by atoms with E-state index in [2.05, 4.69) is 13.8 Å². The van der Waals surface area contributed by atoms with Gasteiger partial charge in [0.25, 0.3) is 0 Å². The predicted octanol–water partition coefficient (Wildman–Crippen LogP) is 25.2. The van der Waals surface area contributed by atoms with Gasteiger partial charge in [-0.15, -0.1) is 0 Å². The lowest BCUT2D eigenvalue weighted by atomic mass is 10.0. The number of aliphatic hydroxyl groups is 1. The van der Waals surface area contributed by atoms with Gasteiger partial charge >= 0.3 is 11.9 Å². The fourth-order valence-electron chi connectivity index (χ4n) is 11.9. The molecule has 5 heteroatoms. The van der Waals surface area contributed by atoms with Crippen LogP contribution in [0.3, 0.4) is 0 Å². The number of hydrogen-bond acceptors (Lipinski definition) is 5. The first-order chi connectivity index (χ1) is 38.6. The van der Waals surface area contributed by atoms with Crippen molar-refractivity contribution in [1.29, 1.82) is 0 Å². The van der Waals surface area contributed by atoms with E-state index in [-0.39, 0.29) is 25.2 Å². The average molecular weight is 1100 g/mol. The van der Waals surface area contributed by atoms with Gasteiger partial charge in [-0.3, -0.25) is 9.59 Å². The smallest absolute Gasteiger partial charge is 0.306 e. The second-order valence-corrected chi connectivity index (χ2v) is 25.4. The van der Waals surface area contributed by atoms with Gasteiger partial charge in [0, 0.05) is 12.8 Å². The van der Waals surface area contributed by atoms with E-state index in [9.17, 15) is 14.7 Å². The summed E-state index contributed by atoms with van der Waals surface area (Å²) in [5.74, 6) is -0.557. The van der Waals surface area contributed by atoms with Gasteiger partial charge in [-0.1, -0.05) is 412 Å². The zero-order valence-electron chi connectivity index (χ0n) is 53.7. The monoisotopic (exact) mass is 1100 g/mol. The fraction of sp³-hybridized carbons (Fsp3) is 0.973. The molecule has 1 N–H and O–H groups in total. The van der Waals surface area contributed by atoms with Gasteiger partial charge in [-0.2, -0.15) is 0 Å². The molecule has 5 nitrogen and oxygen atoms in total. The van der Waals surface area contributed by atoms with Crippen molar-refractivity contribution in [3.8, 4) is 0 Å². The van der Waals surface area contributed by atoms with E-state index in [4.69, 9.17) is 9.47 Å². The van der Waals surface area contributed by atoms with Crippen molar-refractivity contribution in [2.75, 3.05) is 13.2 Å².